The summed E-state index contributed by atoms with van der Waals surface area (Å²) in [6.45, 7) is 6.81. The van der Waals surface area contributed by atoms with E-state index in [1.54, 1.807) is 27.7 Å². The Bertz CT molecular complexity index is 363. The summed E-state index contributed by atoms with van der Waals surface area (Å²) in [4.78, 5) is 15.7. The van der Waals surface area contributed by atoms with Gasteiger partial charge in [0.2, 0.25) is 0 Å². The minimum atomic E-state index is -0.555. The van der Waals surface area contributed by atoms with E-state index in [1.807, 2.05) is 0 Å². The van der Waals surface area contributed by atoms with Crippen molar-refractivity contribution in [2.75, 3.05) is 0 Å². The molecule has 0 bridgehead atoms. The predicted molar refractivity (Wildman–Crippen MR) is 54.5 cm³/mol. The largest absolute Gasteiger partial charge is 0.443 e. The minimum Gasteiger partial charge on any atom is -0.443 e. The molecule has 1 aromatic heterocycles. The summed E-state index contributed by atoms with van der Waals surface area (Å²) in [5.74, 6) is 0.508. The SMILES string of the molecule is Cc1ncc(CO)n1C(=O)OC(C)(C)C. The molecule has 0 atom stereocenters. The van der Waals surface area contributed by atoms with Gasteiger partial charge >= 0.3 is 6.09 Å². The number of imidazole rings is 1. The summed E-state index contributed by atoms with van der Waals surface area (Å²) in [7, 11) is 0. The molecule has 1 heterocycles. The first-order chi connectivity index (χ1) is 6.85. The van der Waals surface area contributed by atoms with Crippen molar-refractivity contribution in [1.29, 1.82) is 0 Å². The van der Waals surface area contributed by atoms with Crippen molar-refractivity contribution >= 4 is 6.09 Å². The van der Waals surface area contributed by atoms with Crippen molar-refractivity contribution in [2.45, 2.75) is 39.9 Å². The lowest BCUT2D eigenvalue weighted by Crippen LogP contribution is -2.28. The molecule has 1 rings (SSSR count). The van der Waals surface area contributed by atoms with Crippen molar-refractivity contribution in [3.63, 3.8) is 0 Å². The van der Waals surface area contributed by atoms with Gasteiger partial charge in [0.05, 0.1) is 18.5 Å². The number of rotatable bonds is 1. The second-order valence-corrected chi connectivity index (χ2v) is 4.27. The Hall–Kier alpha value is -1.36. The van der Waals surface area contributed by atoms with Crippen LogP contribution in [-0.4, -0.2) is 26.4 Å². The number of hydrogen-bond acceptors (Lipinski definition) is 4. The van der Waals surface area contributed by atoms with Gasteiger partial charge in [-0.25, -0.2) is 14.3 Å². The smallest absolute Gasteiger partial charge is 0.420 e. The fourth-order valence-corrected chi connectivity index (χ4v) is 1.16. The van der Waals surface area contributed by atoms with E-state index in [2.05, 4.69) is 4.98 Å². The second kappa shape index (κ2) is 4.02. The van der Waals surface area contributed by atoms with Gasteiger partial charge in [-0.3, -0.25) is 0 Å². The number of carbonyl (C=O) groups is 1. The summed E-state index contributed by atoms with van der Waals surface area (Å²) in [6, 6.07) is 0. The molecule has 0 amide bonds. The van der Waals surface area contributed by atoms with Crippen molar-refractivity contribution < 1.29 is 14.6 Å². The number of aromatic nitrogens is 2. The number of carbonyl (C=O) groups excluding carboxylic acids is 1. The van der Waals surface area contributed by atoms with Crippen molar-refractivity contribution in [3.8, 4) is 0 Å². The molecule has 0 fully saturated rings. The van der Waals surface area contributed by atoms with Gasteiger partial charge in [-0.2, -0.15) is 0 Å². The van der Waals surface area contributed by atoms with Crippen LogP contribution < -0.4 is 0 Å². The van der Waals surface area contributed by atoms with Gasteiger partial charge in [0, 0.05) is 0 Å². The van der Waals surface area contributed by atoms with E-state index in [1.165, 1.54) is 10.8 Å². The third-order valence-corrected chi connectivity index (χ3v) is 1.75. The Kier molecular flexibility index (Phi) is 3.14. The number of nitrogens with zero attached hydrogens (tertiary/aromatic N) is 2. The standard InChI is InChI=1S/C10H16N2O3/c1-7-11-5-8(6-13)12(7)9(14)15-10(2,3)4/h5,13H,6H2,1-4H3. The number of hydrogen-bond donors (Lipinski definition) is 1. The van der Waals surface area contributed by atoms with Crippen LogP contribution in [0, 0.1) is 6.92 Å². The van der Waals surface area contributed by atoms with Crippen LogP contribution in [0.3, 0.4) is 0 Å². The molecule has 0 saturated heterocycles. The molecule has 0 aliphatic heterocycles. The van der Waals surface area contributed by atoms with Gasteiger partial charge in [0.25, 0.3) is 0 Å². The average Bonchev–Trinajstić information content (AvgIpc) is 2.43. The lowest BCUT2D eigenvalue weighted by Gasteiger charge is -2.20. The van der Waals surface area contributed by atoms with E-state index < -0.39 is 11.7 Å². The van der Waals surface area contributed by atoms with Gasteiger partial charge in [-0.1, -0.05) is 0 Å². The second-order valence-electron chi connectivity index (χ2n) is 4.27. The van der Waals surface area contributed by atoms with Crippen molar-refractivity contribution in [1.82, 2.24) is 9.55 Å². The van der Waals surface area contributed by atoms with E-state index in [0.717, 1.165) is 0 Å². The Morgan fingerprint density at radius 2 is 2.20 bits per heavy atom. The Labute approximate surface area is 88.7 Å². The molecule has 0 aliphatic carbocycles. The van der Waals surface area contributed by atoms with Crippen LogP contribution in [0.4, 0.5) is 4.79 Å². The third-order valence-electron chi connectivity index (χ3n) is 1.75. The highest BCUT2D eigenvalue weighted by atomic mass is 16.6. The van der Waals surface area contributed by atoms with Crippen LogP contribution in [0.5, 0.6) is 0 Å². The first-order valence-electron chi connectivity index (χ1n) is 4.72. The number of ether oxygens (including phenoxy) is 1. The van der Waals surface area contributed by atoms with Crippen molar-refractivity contribution in [3.05, 3.63) is 17.7 Å². The highest BCUT2D eigenvalue weighted by Crippen LogP contribution is 2.12. The van der Waals surface area contributed by atoms with Gasteiger partial charge < -0.3 is 9.84 Å². The van der Waals surface area contributed by atoms with Crippen LogP contribution in [0.25, 0.3) is 0 Å². The van der Waals surface area contributed by atoms with Gasteiger partial charge in [0.1, 0.15) is 11.4 Å². The maximum Gasteiger partial charge on any atom is 0.420 e. The molecule has 1 aromatic rings. The zero-order chi connectivity index (χ0) is 11.6. The van der Waals surface area contributed by atoms with Crippen LogP contribution in [0.15, 0.2) is 6.20 Å². The number of aryl methyl sites for hydroxylation is 1. The number of aliphatic hydroxyl groups excluding tert-OH is 1. The van der Waals surface area contributed by atoms with E-state index in [4.69, 9.17) is 9.84 Å². The monoisotopic (exact) mass is 212 g/mol. The summed E-state index contributed by atoms with van der Waals surface area (Å²) in [6.07, 6.45) is 0.945. The molecule has 0 aliphatic rings. The van der Waals surface area contributed by atoms with E-state index in [-0.39, 0.29) is 6.61 Å². The fraction of sp³-hybridized carbons (Fsp3) is 0.600. The van der Waals surface area contributed by atoms with Crippen LogP contribution in [-0.2, 0) is 11.3 Å². The van der Waals surface area contributed by atoms with Gasteiger partial charge in [0.15, 0.2) is 0 Å². The molecule has 1 N–H and O–H groups in total. The quantitative estimate of drug-likeness (QED) is 0.765. The minimum absolute atomic E-state index is 0.236. The Balaban J connectivity index is 2.95. The molecule has 0 spiro atoms. The summed E-state index contributed by atoms with van der Waals surface area (Å²) >= 11 is 0. The molecule has 5 nitrogen and oxygen atoms in total. The fourth-order valence-electron chi connectivity index (χ4n) is 1.16. The Morgan fingerprint density at radius 3 is 2.67 bits per heavy atom. The van der Waals surface area contributed by atoms with Gasteiger partial charge in [-0.05, 0) is 27.7 Å². The zero-order valence-corrected chi connectivity index (χ0v) is 9.44. The predicted octanol–water partition coefficient (Wildman–Crippen LogP) is 1.47. The van der Waals surface area contributed by atoms with Crippen LogP contribution in [0.2, 0.25) is 0 Å². The first-order valence-corrected chi connectivity index (χ1v) is 4.72. The Morgan fingerprint density at radius 1 is 1.60 bits per heavy atom. The number of aliphatic hydroxyl groups is 1. The molecule has 5 heteroatoms. The van der Waals surface area contributed by atoms with Crippen LogP contribution >= 0.6 is 0 Å². The molecule has 0 unspecified atom stereocenters. The normalized spacial score (nSPS) is 11.5. The van der Waals surface area contributed by atoms with Crippen molar-refractivity contribution in [2.24, 2.45) is 0 Å². The highest BCUT2D eigenvalue weighted by Gasteiger charge is 2.21. The third kappa shape index (κ3) is 2.79. The lowest BCUT2D eigenvalue weighted by atomic mass is 10.2. The molecule has 0 saturated carbocycles. The molecule has 0 aromatic carbocycles. The molecular formula is C10H16N2O3. The zero-order valence-electron chi connectivity index (χ0n) is 9.44. The topological polar surface area (TPSA) is 64.4 Å². The summed E-state index contributed by atoms with van der Waals surface area (Å²) < 4.78 is 6.45. The average molecular weight is 212 g/mol. The highest BCUT2D eigenvalue weighted by molar-refractivity contribution is 5.72. The first kappa shape index (κ1) is 11.7. The van der Waals surface area contributed by atoms with E-state index in [0.29, 0.717) is 11.5 Å². The van der Waals surface area contributed by atoms with Crippen LogP contribution in [0.1, 0.15) is 32.3 Å². The lowest BCUT2D eigenvalue weighted by molar-refractivity contribution is 0.0522. The summed E-state index contributed by atoms with van der Waals surface area (Å²) in [5, 5.41) is 9.01. The summed E-state index contributed by atoms with van der Waals surface area (Å²) in [5.41, 5.74) is -0.123. The maximum atomic E-state index is 11.7. The molecule has 15 heavy (non-hydrogen) atoms. The maximum absolute atomic E-state index is 11.7. The molecular weight excluding hydrogens is 196 g/mol. The molecule has 0 radical (unpaired) electrons. The van der Waals surface area contributed by atoms with Gasteiger partial charge in [-0.15, -0.1) is 0 Å². The van der Waals surface area contributed by atoms with E-state index in [9.17, 15) is 4.79 Å². The molecule has 84 valence electrons. The van der Waals surface area contributed by atoms with E-state index >= 15 is 0 Å².